The lowest BCUT2D eigenvalue weighted by molar-refractivity contribution is -0.154. The van der Waals surface area contributed by atoms with Crippen molar-refractivity contribution in [1.82, 2.24) is 5.32 Å². The first-order valence-corrected chi connectivity index (χ1v) is 12.2. The summed E-state index contributed by atoms with van der Waals surface area (Å²) in [5.41, 5.74) is 2.70. The predicted octanol–water partition coefficient (Wildman–Crippen LogP) is 5.15. The van der Waals surface area contributed by atoms with Crippen LogP contribution in [0.1, 0.15) is 43.0 Å². The lowest BCUT2D eigenvalue weighted by atomic mass is 10.0. The molecular weight excluding hydrogens is 470 g/mol. The van der Waals surface area contributed by atoms with Crippen LogP contribution in [0.4, 0.5) is 4.79 Å². The molecule has 0 aromatic heterocycles. The van der Waals surface area contributed by atoms with Gasteiger partial charge >= 0.3 is 18.0 Å². The van der Waals surface area contributed by atoms with Gasteiger partial charge in [-0.3, -0.25) is 4.79 Å². The Hall–Kier alpha value is -4.13. The van der Waals surface area contributed by atoms with Crippen LogP contribution in [0.2, 0.25) is 0 Å². The third-order valence-electron chi connectivity index (χ3n) is 5.24. The van der Waals surface area contributed by atoms with Gasteiger partial charge in [-0.25, -0.2) is 9.59 Å². The van der Waals surface area contributed by atoms with E-state index in [2.05, 4.69) is 5.32 Å². The zero-order valence-corrected chi connectivity index (χ0v) is 21.4. The fourth-order valence-electron chi connectivity index (χ4n) is 3.50. The molecule has 0 saturated heterocycles. The van der Waals surface area contributed by atoms with Crippen LogP contribution in [0, 0.1) is 0 Å². The fraction of sp³-hybridized carbons (Fsp3) is 0.300. The molecular formula is C30H33NO6. The van der Waals surface area contributed by atoms with E-state index in [1.54, 1.807) is 12.1 Å². The van der Waals surface area contributed by atoms with Crippen LogP contribution in [0.5, 0.6) is 0 Å². The summed E-state index contributed by atoms with van der Waals surface area (Å²) in [6, 6.07) is 24.9. The monoisotopic (exact) mass is 503 g/mol. The molecule has 0 fully saturated rings. The van der Waals surface area contributed by atoms with Crippen LogP contribution in [0.3, 0.4) is 0 Å². The number of hydrogen-bond acceptors (Lipinski definition) is 6. The van der Waals surface area contributed by atoms with Crippen LogP contribution in [-0.2, 0) is 49.9 Å². The SMILES string of the molecule is CC(C)(C)OC(=O)Cc1ccc(C[C@H](NC(=O)OCc2ccccc2)C(=O)OCc2ccccc2)cc1. The molecule has 1 N–H and O–H groups in total. The molecule has 7 heteroatoms. The van der Waals surface area contributed by atoms with E-state index in [4.69, 9.17) is 14.2 Å². The van der Waals surface area contributed by atoms with Gasteiger partial charge in [-0.15, -0.1) is 0 Å². The molecule has 1 amide bonds. The molecule has 7 nitrogen and oxygen atoms in total. The van der Waals surface area contributed by atoms with Crippen molar-refractivity contribution in [3.8, 4) is 0 Å². The molecule has 194 valence electrons. The average molecular weight is 504 g/mol. The molecule has 37 heavy (non-hydrogen) atoms. The predicted molar refractivity (Wildman–Crippen MR) is 139 cm³/mol. The Morgan fingerprint density at radius 1 is 0.703 bits per heavy atom. The second-order valence-corrected chi connectivity index (χ2v) is 9.64. The minimum atomic E-state index is -0.955. The van der Waals surface area contributed by atoms with E-state index in [1.165, 1.54) is 0 Å². The maximum Gasteiger partial charge on any atom is 0.408 e. The van der Waals surface area contributed by atoms with Crippen LogP contribution >= 0.6 is 0 Å². The molecule has 0 saturated carbocycles. The van der Waals surface area contributed by atoms with Gasteiger partial charge in [0.25, 0.3) is 0 Å². The number of benzene rings is 3. The highest BCUT2D eigenvalue weighted by atomic mass is 16.6. The Morgan fingerprint density at radius 2 is 1.22 bits per heavy atom. The molecule has 0 aliphatic rings. The zero-order valence-electron chi connectivity index (χ0n) is 21.4. The van der Waals surface area contributed by atoms with E-state index in [0.717, 1.165) is 22.3 Å². The third-order valence-corrected chi connectivity index (χ3v) is 5.24. The molecule has 0 aliphatic heterocycles. The molecule has 0 radical (unpaired) electrons. The van der Waals surface area contributed by atoms with E-state index >= 15 is 0 Å². The van der Waals surface area contributed by atoms with Gasteiger partial charge in [0.2, 0.25) is 0 Å². The van der Waals surface area contributed by atoms with Gasteiger partial charge in [0.15, 0.2) is 0 Å². The smallest absolute Gasteiger partial charge is 0.408 e. The molecule has 0 spiro atoms. The van der Waals surface area contributed by atoms with E-state index < -0.39 is 23.7 Å². The van der Waals surface area contributed by atoms with Gasteiger partial charge in [-0.1, -0.05) is 84.9 Å². The second kappa shape index (κ2) is 13.3. The van der Waals surface area contributed by atoms with Crippen molar-refractivity contribution in [3.05, 3.63) is 107 Å². The number of carbonyl (C=O) groups excluding carboxylic acids is 3. The Kier molecular flexibility index (Phi) is 9.84. The molecule has 0 unspecified atom stereocenters. The number of amides is 1. The Labute approximate surface area is 217 Å². The van der Waals surface area contributed by atoms with Crippen molar-refractivity contribution >= 4 is 18.0 Å². The van der Waals surface area contributed by atoms with Crippen LogP contribution < -0.4 is 5.32 Å². The van der Waals surface area contributed by atoms with E-state index in [0.29, 0.717) is 0 Å². The number of hydrogen-bond donors (Lipinski definition) is 1. The summed E-state index contributed by atoms with van der Waals surface area (Å²) in [5.74, 6) is -0.885. The van der Waals surface area contributed by atoms with Crippen LogP contribution in [-0.4, -0.2) is 29.7 Å². The van der Waals surface area contributed by atoms with E-state index in [1.807, 2.05) is 93.6 Å². The van der Waals surface area contributed by atoms with Gasteiger partial charge in [0.05, 0.1) is 6.42 Å². The Bertz CT molecular complexity index is 1150. The van der Waals surface area contributed by atoms with Crippen LogP contribution in [0.25, 0.3) is 0 Å². The second-order valence-electron chi connectivity index (χ2n) is 9.64. The highest BCUT2D eigenvalue weighted by Crippen LogP contribution is 2.13. The minimum Gasteiger partial charge on any atom is -0.460 e. The van der Waals surface area contributed by atoms with E-state index in [9.17, 15) is 14.4 Å². The number of alkyl carbamates (subject to hydrolysis) is 1. The van der Waals surface area contributed by atoms with Crippen molar-refractivity contribution in [1.29, 1.82) is 0 Å². The normalized spacial score (nSPS) is 11.8. The van der Waals surface area contributed by atoms with Gasteiger partial charge < -0.3 is 19.5 Å². The van der Waals surface area contributed by atoms with Crippen molar-refractivity contribution in [3.63, 3.8) is 0 Å². The molecule has 0 aliphatic carbocycles. The summed E-state index contributed by atoms with van der Waals surface area (Å²) in [6.45, 7) is 5.64. The first-order valence-electron chi connectivity index (χ1n) is 12.2. The van der Waals surface area contributed by atoms with Gasteiger partial charge in [0, 0.05) is 6.42 Å². The first-order chi connectivity index (χ1) is 17.7. The third kappa shape index (κ3) is 10.2. The van der Waals surface area contributed by atoms with Crippen molar-refractivity contribution in [2.45, 2.75) is 58.5 Å². The van der Waals surface area contributed by atoms with Crippen molar-refractivity contribution in [2.24, 2.45) is 0 Å². The summed E-state index contributed by atoms with van der Waals surface area (Å²) < 4.78 is 16.1. The van der Waals surface area contributed by atoms with Gasteiger partial charge in [-0.2, -0.15) is 0 Å². The summed E-state index contributed by atoms with van der Waals surface area (Å²) in [4.78, 5) is 37.5. The zero-order chi connectivity index (χ0) is 26.7. The van der Waals surface area contributed by atoms with E-state index in [-0.39, 0.29) is 32.0 Å². The molecule has 1 atom stereocenters. The van der Waals surface area contributed by atoms with Crippen molar-refractivity contribution in [2.75, 3.05) is 0 Å². The number of esters is 2. The molecule has 3 aromatic rings. The standard InChI is InChI=1S/C30H33NO6/c1-30(2,3)37-27(32)19-23-16-14-22(15-17-23)18-26(28(33)35-20-24-10-6-4-7-11-24)31-29(34)36-21-25-12-8-5-9-13-25/h4-17,26H,18-21H2,1-3H3,(H,31,34)/t26-/m0/s1. The maximum absolute atomic E-state index is 12.9. The summed E-state index contributed by atoms with van der Waals surface area (Å²) in [7, 11) is 0. The summed E-state index contributed by atoms with van der Waals surface area (Å²) in [6.07, 6.45) is -0.377. The summed E-state index contributed by atoms with van der Waals surface area (Å²) >= 11 is 0. The first kappa shape index (κ1) is 27.5. The molecule has 3 aromatic carbocycles. The molecule has 3 rings (SSSR count). The van der Waals surface area contributed by atoms with Gasteiger partial charge in [-0.05, 0) is 43.0 Å². The van der Waals surface area contributed by atoms with Crippen LogP contribution in [0.15, 0.2) is 84.9 Å². The number of carbonyl (C=O) groups is 3. The average Bonchev–Trinajstić information content (AvgIpc) is 2.87. The maximum atomic E-state index is 12.9. The molecule has 0 bridgehead atoms. The number of rotatable bonds is 10. The quantitative estimate of drug-likeness (QED) is 0.304. The highest BCUT2D eigenvalue weighted by molar-refractivity contribution is 5.81. The highest BCUT2D eigenvalue weighted by Gasteiger charge is 2.24. The lowest BCUT2D eigenvalue weighted by Crippen LogP contribution is -2.43. The minimum absolute atomic E-state index is 0.0812. The Balaban J connectivity index is 1.63. The topological polar surface area (TPSA) is 90.9 Å². The summed E-state index contributed by atoms with van der Waals surface area (Å²) in [5, 5.41) is 2.63. The van der Waals surface area contributed by atoms with Gasteiger partial charge in [0.1, 0.15) is 24.9 Å². The fourth-order valence-corrected chi connectivity index (χ4v) is 3.50. The lowest BCUT2D eigenvalue weighted by Gasteiger charge is -2.19. The number of ether oxygens (including phenoxy) is 3. The Morgan fingerprint density at radius 3 is 1.76 bits per heavy atom. The largest absolute Gasteiger partial charge is 0.460 e. The molecule has 0 heterocycles. The number of nitrogens with one attached hydrogen (secondary N) is 1. The van der Waals surface area contributed by atoms with Crippen molar-refractivity contribution < 1.29 is 28.6 Å².